The van der Waals surface area contributed by atoms with Crippen molar-refractivity contribution in [2.75, 3.05) is 6.61 Å². The minimum Gasteiger partial charge on any atom is -0.492 e. The standard InChI is InChI=1S/C12H13BrO2/c1-3-4-7-15-12-8-10(13)5-6-11(12)9(2)14/h3,5-6,8H,1,4,7H2,2H3. The molecule has 0 radical (unpaired) electrons. The summed E-state index contributed by atoms with van der Waals surface area (Å²) in [6.07, 6.45) is 2.55. The van der Waals surface area contributed by atoms with Gasteiger partial charge in [-0.3, -0.25) is 4.79 Å². The Labute approximate surface area is 98.1 Å². The molecular formula is C12H13BrO2. The molecule has 2 nitrogen and oxygen atoms in total. The highest BCUT2D eigenvalue weighted by Gasteiger charge is 2.08. The summed E-state index contributed by atoms with van der Waals surface area (Å²) < 4.78 is 6.40. The fraction of sp³-hybridized carbons (Fsp3) is 0.250. The minimum atomic E-state index is 0.0103. The van der Waals surface area contributed by atoms with Crippen molar-refractivity contribution in [3.8, 4) is 5.75 Å². The molecule has 0 saturated carbocycles. The zero-order chi connectivity index (χ0) is 11.3. The molecule has 80 valence electrons. The molecule has 0 unspecified atom stereocenters. The van der Waals surface area contributed by atoms with E-state index in [9.17, 15) is 4.79 Å². The van der Waals surface area contributed by atoms with Crippen LogP contribution in [0, 0.1) is 0 Å². The van der Waals surface area contributed by atoms with E-state index in [1.54, 1.807) is 18.2 Å². The summed E-state index contributed by atoms with van der Waals surface area (Å²) in [7, 11) is 0. The van der Waals surface area contributed by atoms with Crippen molar-refractivity contribution in [3.63, 3.8) is 0 Å². The fourth-order valence-electron chi connectivity index (χ4n) is 1.16. The molecule has 0 aliphatic rings. The molecule has 0 saturated heterocycles. The van der Waals surface area contributed by atoms with E-state index in [0.717, 1.165) is 10.9 Å². The lowest BCUT2D eigenvalue weighted by molar-refractivity contribution is 0.101. The summed E-state index contributed by atoms with van der Waals surface area (Å²) in [5, 5.41) is 0. The van der Waals surface area contributed by atoms with Crippen LogP contribution in [0.2, 0.25) is 0 Å². The van der Waals surface area contributed by atoms with Gasteiger partial charge < -0.3 is 4.74 Å². The third-order valence-electron chi connectivity index (χ3n) is 1.90. The van der Waals surface area contributed by atoms with E-state index in [1.807, 2.05) is 6.07 Å². The Balaban J connectivity index is 2.86. The topological polar surface area (TPSA) is 26.3 Å². The number of carbonyl (C=O) groups is 1. The first-order chi connectivity index (χ1) is 7.15. The number of Topliss-reactive ketones (excluding diaryl/α,β-unsaturated/α-hetero) is 1. The van der Waals surface area contributed by atoms with Gasteiger partial charge in [0, 0.05) is 4.47 Å². The number of carbonyl (C=O) groups excluding carboxylic acids is 1. The van der Waals surface area contributed by atoms with E-state index in [2.05, 4.69) is 22.5 Å². The van der Waals surface area contributed by atoms with Crippen molar-refractivity contribution in [2.24, 2.45) is 0 Å². The molecule has 0 heterocycles. The lowest BCUT2D eigenvalue weighted by atomic mass is 10.1. The zero-order valence-corrected chi connectivity index (χ0v) is 10.2. The second-order valence-electron chi connectivity index (χ2n) is 3.12. The number of rotatable bonds is 5. The first-order valence-corrected chi connectivity index (χ1v) is 5.48. The third-order valence-corrected chi connectivity index (χ3v) is 2.40. The van der Waals surface area contributed by atoms with Crippen molar-refractivity contribution in [2.45, 2.75) is 13.3 Å². The molecule has 0 spiro atoms. The van der Waals surface area contributed by atoms with Crippen molar-refractivity contribution >= 4 is 21.7 Å². The molecule has 0 fully saturated rings. The van der Waals surface area contributed by atoms with Crippen LogP contribution in [0.1, 0.15) is 23.7 Å². The van der Waals surface area contributed by atoms with Gasteiger partial charge in [-0.05, 0) is 31.5 Å². The number of hydrogen-bond donors (Lipinski definition) is 0. The van der Waals surface area contributed by atoms with Crippen LogP contribution in [0.5, 0.6) is 5.75 Å². The van der Waals surface area contributed by atoms with Crippen LogP contribution in [0.15, 0.2) is 35.3 Å². The second kappa shape index (κ2) is 5.71. The molecule has 3 heteroatoms. The van der Waals surface area contributed by atoms with E-state index in [0.29, 0.717) is 17.9 Å². The van der Waals surface area contributed by atoms with Gasteiger partial charge in [0.25, 0.3) is 0 Å². The molecule has 1 aromatic rings. The molecule has 1 aromatic carbocycles. The molecule has 1 rings (SSSR count). The first kappa shape index (κ1) is 12.0. The minimum absolute atomic E-state index is 0.0103. The monoisotopic (exact) mass is 268 g/mol. The maximum Gasteiger partial charge on any atom is 0.163 e. The van der Waals surface area contributed by atoms with E-state index in [-0.39, 0.29) is 5.78 Å². The first-order valence-electron chi connectivity index (χ1n) is 4.69. The highest BCUT2D eigenvalue weighted by Crippen LogP contribution is 2.24. The molecule has 0 atom stereocenters. The largest absolute Gasteiger partial charge is 0.492 e. The van der Waals surface area contributed by atoms with Gasteiger partial charge in [0.15, 0.2) is 5.78 Å². The Morgan fingerprint density at radius 3 is 2.93 bits per heavy atom. The van der Waals surface area contributed by atoms with Crippen LogP contribution in [-0.2, 0) is 0 Å². The van der Waals surface area contributed by atoms with Crippen molar-refractivity contribution < 1.29 is 9.53 Å². The normalized spacial score (nSPS) is 9.73. The van der Waals surface area contributed by atoms with E-state index >= 15 is 0 Å². The van der Waals surface area contributed by atoms with Gasteiger partial charge in [0.2, 0.25) is 0 Å². The zero-order valence-electron chi connectivity index (χ0n) is 8.63. The number of halogens is 1. The third kappa shape index (κ3) is 3.51. The van der Waals surface area contributed by atoms with Crippen LogP contribution in [0.4, 0.5) is 0 Å². The summed E-state index contributed by atoms with van der Waals surface area (Å²) in [6, 6.07) is 5.40. The summed E-state index contributed by atoms with van der Waals surface area (Å²) in [5.41, 5.74) is 0.613. The maximum atomic E-state index is 11.3. The van der Waals surface area contributed by atoms with Crippen LogP contribution in [-0.4, -0.2) is 12.4 Å². The van der Waals surface area contributed by atoms with Gasteiger partial charge >= 0.3 is 0 Å². The van der Waals surface area contributed by atoms with Crippen molar-refractivity contribution in [1.29, 1.82) is 0 Å². The number of benzene rings is 1. The second-order valence-corrected chi connectivity index (χ2v) is 4.04. The van der Waals surface area contributed by atoms with Gasteiger partial charge in [-0.15, -0.1) is 6.58 Å². The van der Waals surface area contributed by atoms with E-state index < -0.39 is 0 Å². The Hall–Kier alpha value is -1.09. The number of hydrogen-bond acceptors (Lipinski definition) is 2. The molecular weight excluding hydrogens is 256 g/mol. The van der Waals surface area contributed by atoms with Gasteiger partial charge in [-0.25, -0.2) is 0 Å². The molecule has 0 aromatic heterocycles. The lowest BCUT2D eigenvalue weighted by Gasteiger charge is -2.09. The molecule has 0 amide bonds. The molecule has 0 bridgehead atoms. The van der Waals surface area contributed by atoms with Crippen LogP contribution in [0.3, 0.4) is 0 Å². The van der Waals surface area contributed by atoms with Gasteiger partial charge in [0.1, 0.15) is 5.75 Å². The Morgan fingerprint density at radius 2 is 2.33 bits per heavy atom. The van der Waals surface area contributed by atoms with Gasteiger partial charge in [0.05, 0.1) is 12.2 Å². The molecule has 0 aliphatic carbocycles. The molecule has 0 N–H and O–H groups in total. The average Bonchev–Trinajstić information content (AvgIpc) is 2.18. The maximum absolute atomic E-state index is 11.3. The Morgan fingerprint density at radius 1 is 1.60 bits per heavy atom. The Bertz CT molecular complexity index is 372. The predicted octanol–water partition coefficient (Wildman–Crippen LogP) is 3.61. The molecule has 0 aliphatic heterocycles. The highest BCUT2D eigenvalue weighted by molar-refractivity contribution is 9.10. The predicted molar refractivity (Wildman–Crippen MR) is 64.5 cm³/mol. The van der Waals surface area contributed by atoms with Crippen LogP contribution in [0.25, 0.3) is 0 Å². The SMILES string of the molecule is C=CCCOc1cc(Br)ccc1C(C)=O. The molecule has 15 heavy (non-hydrogen) atoms. The van der Waals surface area contributed by atoms with Crippen molar-refractivity contribution in [1.82, 2.24) is 0 Å². The van der Waals surface area contributed by atoms with Crippen molar-refractivity contribution in [3.05, 3.63) is 40.9 Å². The fourth-order valence-corrected chi connectivity index (χ4v) is 1.50. The summed E-state index contributed by atoms with van der Waals surface area (Å²) >= 11 is 3.34. The summed E-state index contributed by atoms with van der Waals surface area (Å²) in [6.45, 7) is 5.68. The summed E-state index contributed by atoms with van der Waals surface area (Å²) in [5.74, 6) is 0.634. The quantitative estimate of drug-likeness (QED) is 0.463. The Kier molecular flexibility index (Phi) is 4.56. The van der Waals surface area contributed by atoms with E-state index in [1.165, 1.54) is 6.92 Å². The number of ketones is 1. The number of ether oxygens (including phenoxy) is 1. The highest BCUT2D eigenvalue weighted by atomic mass is 79.9. The smallest absolute Gasteiger partial charge is 0.163 e. The van der Waals surface area contributed by atoms with Gasteiger partial charge in [-0.1, -0.05) is 22.0 Å². The van der Waals surface area contributed by atoms with Crippen LogP contribution >= 0.6 is 15.9 Å². The lowest BCUT2D eigenvalue weighted by Crippen LogP contribution is -2.02. The summed E-state index contributed by atoms with van der Waals surface area (Å²) in [4.78, 5) is 11.3. The van der Waals surface area contributed by atoms with Crippen LogP contribution < -0.4 is 4.74 Å². The van der Waals surface area contributed by atoms with Gasteiger partial charge in [-0.2, -0.15) is 0 Å². The van der Waals surface area contributed by atoms with E-state index in [4.69, 9.17) is 4.74 Å². The average molecular weight is 269 g/mol.